The predicted octanol–water partition coefficient (Wildman–Crippen LogP) is 3.19. The van der Waals surface area contributed by atoms with Crippen LogP contribution >= 0.6 is 27.7 Å². The van der Waals surface area contributed by atoms with Gasteiger partial charge in [-0.05, 0) is 36.8 Å². The van der Waals surface area contributed by atoms with Crippen molar-refractivity contribution < 1.29 is 9.47 Å². The summed E-state index contributed by atoms with van der Waals surface area (Å²) in [6.07, 6.45) is 1.05. The van der Waals surface area contributed by atoms with Gasteiger partial charge in [-0.1, -0.05) is 15.9 Å². The number of benzene rings is 1. The topological polar surface area (TPSA) is 44.5 Å². The normalized spacial score (nSPS) is 15.5. The molecule has 0 spiro atoms. The van der Waals surface area contributed by atoms with E-state index in [0.717, 1.165) is 33.9 Å². The van der Waals surface area contributed by atoms with Gasteiger partial charge in [0.15, 0.2) is 11.5 Å². The third-order valence-electron chi connectivity index (χ3n) is 2.69. The van der Waals surface area contributed by atoms with Gasteiger partial charge in [0, 0.05) is 16.3 Å². The lowest BCUT2D eigenvalue weighted by atomic mass is 10.2. The molecule has 3 nitrogen and oxygen atoms in total. The number of thioether (sulfide) groups is 1. The highest BCUT2D eigenvalue weighted by Gasteiger charge is 2.14. The summed E-state index contributed by atoms with van der Waals surface area (Å²) >= 11 is 5.48. The maximum atomic E-state index is 5.73. The van der Waals surface area contributed by atoms with Crippen LogP contribution in [0, 0.1) is 0 Å². The van der Waals surface area contributed by atoms with E-state index in [1.807, 2.05) is 24.8 Å². The van der Waals surface area contributed by atoms with Gasteiger partial charge < -0.3 is 15.2 Å². The lowest BCUT2D eigenvalue weighted by molar-refractivity contribution is 0.171. The molecule has 1 heterocycles. The number of halogens is 1. The van der Waals surface area contributed by atoms with Crippen LogP contribution in [0.4, 0.5) is 0 Å². The Hall–Kier alpha value is -0.390. The van der Waals surface area contributed by atoms with Gasteiger partial charge in [-0.3, -0.25) is 0 Å². The molecule has 1 aromatic carbocycles. The molecular formula is C13H18BrNO2S. The fourth-order valence-corrected chi connectivity index (χ4v) is 3.46. The number of hydrogen-bond donors (Lipinski definition) is 1. The Labute approximate surface area is 121 Å². The van der Waals surface area contributed by atoms with Crippen molar-refractivity contribution in [1.82, 2.24) is 0 Å². The first-order valence-corrected chi connectivity index (χ1v) is 8.03. The Balaban J connectivity index is 1.95. The molecule has 0 saturated carbocycles. The number of nitrogens with two attached hydrogens (primary N) is 1. The Morgan fingerprint density at radius 1 is 1.33 bits per heavy atom. The molecule has 5 heteroatoms. The van der Waals surface area contributed by atoms with Crippen molar-refractivity contribution in [3.63, 3.8) is 0 Å². The van der Waals surface area contributed by atoms with Gasteiger partial charge >= 0.3 is 0 Å². The fraction of sp³-hybridized carbons (Fsp3) is 0.538. The maximum Gasteiger partial charge on any atom is 0.162 e. The molecule has 1 aliphatic heterocycles. The van der Waals surface area contributed by atoms with E-state index < -0.39 is 0 Å². The van der Waals surface area contributed by atoms with Crippen molar-refractivity contribution in [3.05, 3.63) is 22.2 Å². The Morgan fingerprint density at radius 3 is 2.67 bits per heavy atom. The van der Waals surface area contributed by atoms with Gasteiger partial charge in [-0.2, -0.15) is 11.8 Å². The quantitative estimate of drug-likeness (QED) is 0.841. The first-order chi connectivity index (χ1) is 8.66. The predicted molar refractivity (Wildman–Crippen MR) is 79.6 cm³/mol. The van der Waals surface area contributed by atoms with E-state index in [-0.39, 0.29) is 6.04 Å². The van der Waals surface area contributed by atoms with E-state index in [9.17, 15) is 0 Å². The van der Waals surface area contributed by atoms with Gasteiger partial charge in [0.25, 0.3) is 0 Å². The monoisotopic (exact) mass is 331 g/mol. The molecule has 2 rings (SSSR count). The third-order valence-corrected chi connectivity index (χ3v) is 4.46. The summed E-state index contributed by atoms with van der Waals surface area (Å²) in [6.45, 7) is 3.30. The summed E-state index contributed by atoms with van der Waals surface area (Å²) in [5, 5.41) is 0. The minimum Gasteiger partial charge on any atom is -0.486 e. The van der Waals surface area contributed by atoms with Crippen LogP contribution in [0.1, 0.15) is 18.9 Å². The molecule has 18 heavy (non-hydrogen) atoms. The molecule has 0 aromatic heterocycles. The number of ether oxygens (including phenoxy) is 2. The van der Waals surface area contributed by atoms with Crippen molar-refractivity contribution >= 4 is 27.7 Å². The van der Waals surface area contributed by atoms with Crippen LogP contribution in [-0.4, -0.2) is 25.0 Å². The summed E-state index contributed by atoms with van der Waals surface area (Å²) < 4.78 is 12.2. The van der Waals surface area contributed by atoms with Crippen molar-refractivity contribution in [2.45, 2.75) is 25.1 Å². The Morgan fingerprint density at radius 2 is 2.00 bits per heavy atom. The van der Waals surface area contributed by atoms with E-state index >= 15 is 0 Å². The highest BCUT2D eigenvalue weighted by atomic mass is 79.9. The maximum absolute atomic E-state index is 5.73. The minimum atomic E-state index is 0.279. The van der Waals surface area contributed by atoms with Crippen LogP contribution in [0.5, 0.6) is 11.5 Å². The summed E-state index contributed by atoms with van der Waals surface area (Å²) in [6, 6.07) is 4.34. The molecule has 1 aliphatic rings. The Bertz CT molecular complexity index is 412. The number of fused-ring (bicyclic) bond motifs is 1. The summed E-state index contributed by atoms with van der Waals surface area (Å²) in [5.74, 6) is 3.73. The number of rotatable bonds is 5. The van der Waals surface area contributed by atoms with E-state index in [1.54, 1.807) is 0 Å². The molecule has 100 valence electrons. The van der Waals surface area contributed by atoms with Crippen LogP contribution in [0.2, 0.25) is 0 Å². The first kappa shape index (κ1) is 14.0. The first-order valence-electron chi connectivity index (χ1n) is 6.08. The van der Waals surface area contributed by atoms with Gasteiger partial charge in [0.1, 0.15) is 13.2 Å². The van der Waals surface area contributed by atoms with Crippen molar-refractivity contribution in [2.75, 3.05) is 19.0 Å². The van der Waals surface area contributed by atoms with Gasteiger partial charge in [0.05, 0.1) is 0 Å². The second kappa shape index (κ2) is 6.68. The van der Waals surface area contributed by atoms with E-state index in [2.05, 4.69) is 22.0 Å². The summed E-state index contributed by atoms with van der Waals surface area (Å²) in [7, 11) is 0. The van der Waals surface area contributed by atoms with Crippen LogP contribution in [0.15, 0.2) is 16.6 Å². The van der Waals surface area contributed by atoms with Gasteiger partial charge in [-0.25, -0.2) is 0 Å². The lowest BCUT2D eigenvalue weighted by Crippen LogP contribution is -2.16. The van der Waals surface area contributed by atoms with Gasteiger partial charge in [0.2, 0.25) is 0 Å². The minimum absolute atomic E-state index is 0.279. The molecular weight excluding hydrogens is 314 g/mol. The molecule has 0 amide bonds. The van der Waals surface area contributed by atoms with Crippen LogP contribution < -0.4 is 15.2 Å². The second-order valence-corrected chi connectivity index (χ2v) is 6.37. The zero-order valence-corrected chi connectivity index (χ0v) is 12.9. The Kier molecular flexibility index (Phi) is 5.21. The molecule has 1 atom stereocenters. The summed E-state index contributed by atoms with van der Waals surface area (Å²) in [4.78, 5) is 0. The second-order valence-electron chi connectivity index (χ2n) is 4.41. The van der Waals surface area contributed by atoms with Crippen LogP contribution in [-0.2, 0) is 5.75 Å². The lowest BCUT2D eigenvalue weighted by Gasteiger charge is -2.19. The standard InChI is InChI=1S/C13H18BrNO2S/c1-9(15)2-5-18-8-10-6-12-13(7-11(10)14)17-4-3-16-12/h6-7,9H,2-5,8,15H2,1H3. The average Bonchev–Trinajstić information content (AvgIpc) is 2.34. The zero-order valence-electron chi connectivity index (χ0n) is 10.4. The van der Waals surface area contributed by atoms with E-state index in [1.165, 1.54) is 5.56 Å². The van der Waals surface area contributed by atoms with Crippen LogP contribution in [0.3, 0.4) is 0 Å². The molecule has 2 N–H and O–H groups in total. The smallest absolute Gasteiger partial charge is 0.162 e. The van der Waals surface area contributed by atoms with Crippen molar-refractivity contribution in [1.29, 1.82) is 0 Å². The van der Waals surface area contributed by atoms with Crippen molar-refractivity contribution in [2.24, 2.45) is 5.73 Å². The number of hydrogen-bond acceptors (Lipinski definition) is 4. The largest absolute Gasteiger partial charge is 0.486 e. The fourth-order valence-electron chi connectivity index (χ4n) is 1.67. The van der Waals surface area contributed by atoms with Crippen LogP contribution in [0.25, 0.3) is 0 Å². The highest BCUT2D eigenvalue weighted by Crippen LogP contribution is 2.36. The van der Waals surface area contributed by atoms with E-state index in [0.29, 0.717) is 13.2 Å². The molecule has 0 aliphatic carbocycles. The molecule has 0 fully saturated rings. The molecule has 0 radical (unpaired) electrons. The molecule has 0 saturated heterocycles. The summed E-state index contributed by atoms with van der Waals surface area (Å²) in [5.41, 5.74) is 6.98. The zero-order chi connectivity index (χ0) is 13.0. The molecule has 1 unspecified atom stereocenters. The molecule has 1 aromatic rings. The molecule has 0 bridgehead atoms. The average molecular weight is 332 g/mol. The van der Waals surface area contributed by atoms with Gasteiger partial charge in [-0.15, -0.1) is 0 Å². The SMILES string of the molecule is CC(N)CCSCc1cc2c(cc1Br)OCCO2. The third kappa shape index (κ3) is 3.80. The highest BCUT2D eigenvalue weighted by molar-refractivity contribution is 9.10. The van der Waals surface area contributed by atoms with E-state index in [4.69, 9.17) is 15.2 Å². The van der Waals surface area contributed by atoms with Crippen molar-refractivity contribution in [3.8, 4) is 11.5 Å².